The fourth-order valence-corrected chi connectivity index (χ4v) is 3.42. The molecule has 29 heavy (non-hydrogen) atoms. The van der Waals surface area contributed by atoms with Gasteiger partial charge in [0.15, 0.2) is 0 Å². The zero-order valence-electron chi connectivity index (χ0n) is 17.0. The molecule has 0 aliphatic carbocycles. The predicted octanol–water partition coefficient (Wildman–Crippen LogP) is 3.84. The Labute approximate surface area is 171 Å². The highest BCUT2D eigenvalue weighted by Crippen LogP contribution is 2.15. The fourth-order valence-electron chi connectivity index (χ4n) is 3.42. The average Bonchev–Trinajstić information content (AvgIpc) is 3.37. The Balaban J connectivity index is 1.24. The van der Waals surface area contributed by atoms with Crippen molar-refractivity contribution < 1.29 is 4.74 Å². The van der Waals surface area contributed by atoms with Gasteiger partial charge in [0.05, 0.1) is 12.0 Å². The minimum absolute atomic E-state index is 0.463. The Morgan fingerprint density at radius 2 is 2.00 bits per heavy atom. The number of benzene rings is 1. The van der Waals surface area contributed by atoms with E-state index in [0.29, 0.717) is 12.5 Å². The molecular formula is C23H27N5O. The molecule has 1 N–H and O–H groups in total. The van der Waals surface area contributed by atoms with Gasteiger partial charge in [-0.15, -0.1) is 0 Å². The molecule has 3 heterocycles. The summed E-state index contributed by atoms with van der Waals surface area (Å²) in [5.74, 6) is 1.40. The average molecular weight is 390 g/mol. The third-order valence-corrected chi connectivity index (χ3v) is 4.94. The second kappa shape index (κ2) is 8.92. The van der Waals surface area contributed by atoms with Crippen molar-refractivity contribution >= 4 is 5.65 Å². The van der Waals surface area contributed by atoms with Crippen LogP contribution in [0.25, 0.3) is 5.65 Å². The number of pyridine rings is 1. The van der Waals surface area contributed by atoms with E-state index in [2.05, 4.69) is 51.9 Å². The van der Waals surface area contributed by atoms with Crippen LogP contribution in [0.3, 0.4) is 0 Å². The lowest BCUT2D eigenvalue weighted by Crippen LogP contribution is -2.23. The number of aromatic nitrogens is 4. The highest BCUT2D eigenvalue weighted by molar-refractivity contribution is 5.47. The van der Waals surface area contributed by atoms with Crippen LogP contribution in [0.15, 0.2) is 67.5 Å². The summed E-state index contributed by atoms with van der Waals surface area (Å²) in [5, 5.41) is 3.52. The Kier molecular flexibility index (Phi) is 5.91. The van der Waals surface area contributed by atoms with Crippen molar-refractivity contribution in [1.82, 2.24) is 24.3 Å². The molecule has 1 unspecified atom stereocenters. The number of hydrogen-bond donors (Lipinski definition) is 1. The summed E-state index contributed by atoms with van der Waals surface area (Å²) in [5.41, 5.74) is 4.32. The lowest BCUT2D eigenvalue weighted by atomic mass is 10.1. The highest BCUT2D eigenvalue weighted by Gasteiger charge is 2.05. The van der Waals surface area contributed by atoms with Crippen LogP contribution in [0.1, 0.15) is 23.7 Å². The van der Waals surface area contributed by atoms with E-state index < -0.39 is 0 Å². The van der Waals surface area contributed by atoms with Crippen molar-refractivity contribution in [3.8, 4) is 5.75 Å². The molecule has 6 nitrogen and oxygen atoms in total. The van der Waals surface area contributed by atoms with Gasteiger partial charge in [-0.2, -0.15) is 0 Å². The van der Waals surface area contributed by atoms with Crippen LogP contribution in [0.4, 0.5) is 0 Å². The van der Waals surface area contributed by atoms with Gasteiger partial charge in [-0.25, -0.2) is 9.97 Å². The van der Waals surface area contributed by atoms with E-state index in [1.54, 1.807) is 0 Å². The zero-order valence-corrected chi connectivity index (χ0v) is 17.0. The SMILES string of the molecule is Cc1cccn2cc(COc3ccc(CNCC(C)Cn4ccnc4)cc3)nc12. The molecule has 0 bridgehead atoms. The number of rotatable bonds is 9. The summed E-state index contributed by atoms with van der Waals surface area (Å²) in [6, 6.07) is 12.4. The maximum Gasteiger partial charge on any atom is 0.140 e. The smallest absolute Gasteiger partial charge is 0.140 e. The number of fused-ring (bicyclic) bond motifs is 1. The zero-order chi connectivity index (χ0) is 20.1. The van der Waals surface area contributed by atoms with Crippen molar-refractivity contribution in [1.29, 1.82) is 0 Å². The molecule has 150 valence electrons. The molecule has 0 radical (unpaired) electrons. The van der Waals surface area contributed by atoms with Gasteiger partial charge in [0, 0.05) is 37.9 Å². The van der Waals surface area contributed by atoms with Gasteiger partial charge in [-0.05, 0) is 48.7 Å². The van der Waals surface area contributed by atoms with E-state index in [1.165, 1.54) is 5.56 Å². The van der Waals surface area contributed by atoms with Gasteiger partial charge in [0.25, 0.3) is 0 Å². The second-order valence-corrected chi connectivity index (χ2v) is 7.58. The lowest BCUT2D eigenvalue weighted by Gasteiger charge is -2.13. The minimum atomic E-state index is 0.463. The summed E-state index contributed by atoms with van der Waals surface area (Å²) in [4.78, 5) is 8.74. The molecular weight excluding hydrogens is 362 g/mol. The van der Waals surface area contributed by atoms with Crippen molar-refractivity contribution in [3.63, 3.8) is 0 Å². The quantitative estimate of drug-likeness (QED) is 0.472. The summed E-state index contributed by atoms with van der Waals surface area (Å²) in [6.07, 6.45) is 9.72. The number of ether oxygens (including phenoxy) is 1. The molecule has 4 rings (SSSR count). The van der Waals surface area contributed by atoms with Crippen molar-refractivity contribution in [2.24, 2.45) is 5.92 Å². The minimum Gasteiger partial charge on any atom is -0.487 e. The second-order valence-electron chi connectivity index (χ2n) is 7.58. The van der Waals surface area contributed by atoms with Crippen LogP contribution in [-0.2, 0) is 19.7 Å². The molecule has 6 heteroatoms. The number of nitrogens with zero attached hydrogens (tertiary/aromatic N) is 4. The maximum absolute atomic E-state index is 5.91. The number of aryl methyl sites for hydroxylation is 1. The summed E-state index contributed by atoms with van der Waals surface area (Å²) in [7, 11) is 0. The fraction of sp³-hybridized carbons (Fsp3) is 0.304. The van der Waals surface area contributed by atoms with Crippen LogP contribution in [-0.4, -0.2) is 25.5 Å². The van der Waals surface area contributed by atoms with E-state index in [4.69, 9.17) is 4.74 Å². The number of nitrogens with one attached hydrogen (secondary N) is 1. The largest absolute Gasteiger partial charge is 0.487 e. The number of imidazole rings is 2. The van der Waals surface area contributed by atoms with Crippen LogP contribution in [0.5, 0.6) is 5.75 Å². The molecule has 0 aliphatic heterocycles. The Morgan fingerprint density at radius 1 is 1.14 bits per heavy atom. The first-order valence-corrected chi connectivity index (χ1v) is 9.99. The van der Waals surface area contributed by atoms with Crippen LogP contribution in [0.2, 0.25) is 0 Å². The molecule has 0 saturated carbocycles. The standard InChI is InChI=1S/C23H27N5O/c1-18(14-27-11-9-24-17-27)12-25-13-20-5-7-22(8-6-20)29-16-21-15-28-10-3-4-19(2)23(28)26-21/h3-11,15,17-18,25H,12-14,16H2,1-2H3. The van der Waals surface area contributed by atoms with Crippen LogP contribution < -0.4 is 10.1 Å². The molecule has 3 aromatic heterocycles. The summed E-state index contributed by atoms with van der Waals surface area (Å²) < 4.78 is 10.1. The molecule has 0 saturated heterocycles. The van der Waals surface area contributed by atoms with E-state index in [1.807, 2.05) is 53.7 Å². The molecule has 0 aliphatic rings. The van der Waals surface area contributed by atoms with E-state index in [9.17, 15) is 0 Å². The number of hydrogen-bond acceptors (Lipinski definition) is 4. The molecule has 0 amide bonds. The first-order valence-electron chi connectivity index (χ1n) is 9.99. The van der Waals surface area contributed by atoms with Crippen molar-refractivity contribution in [3.05, 3.63) is 84.3 Å². The maximum atomic E-state index is 5.91. The van der Waals surface area contributed by atoms with E-state index in [-0.39, 0.29) is 0 Å². The van der Waals surface area contributed by atoms with E-state index >= 15 is 0 Å². The van der Waals surface area contributed by atoms with E-state index in [0.717, 1.165) is 42.3 Å². The van der Waals surface area contributed by atoms with Gasteiger partial charge < -0.3 is 19.0 Å². The first kappa shape index (κ1) is 19.2. The molecule has 4 aromatic rings. The monoisotopic (exact) mass is 389 g/mol. The Morgan fingerprint density at radius 3 is 2.76 bits per heavy atom. The molecule has 0 spiro atoms. The van der Waals surface area contributed by atoms with Crippen molar-refractivity contribution in [2.45, 2.75) is 33.5 Å². The first-order chi connectivity index (χ1) is 14.2. The normalized spacial score (nSPS) is 12.3. The van der Waals surface area contributed by atoms with Gasteiger partial charge in [0.2, 0.25) is 0 Å². The van der Waals surface area contributed by atoms with Crippen LogP contribution in [0, 0.1) is 12.8 Å². The Hall–Kier alpha value is -3.12. The summed E-state index contributed by atoms with van der Waals surface area (Å²) in [6.45, 7) is 7.56. The third kappa shape index (κ3) is 5.03. The van der Waals surface area contributed by atoms with Gasteiger partial charge in [-0.3, -0.25) is 0 Å². The van der Waals surface area contributed by atoms with Crippen LogP contribution >= 0.6 is 0 Å². The van der Waals surface area contributed by atoms with Gasteiger partial charge >= 0.3 is 0 Å². The summed E-state index contributed by atoms with van der Waals surface area (Å²) >= 11 is 0. The molecule has 1 aromatic carbocycles. The van der Waals surface area contributed by atoms with Crippen molar-refractivity contribution in [2.75, 3.05) is 6.54 Å². The van der Waals surface area contributed by atoms with Gasteiger partial charge in [0.1, 0.15) is 18.0 Å². The molecule has 0 fully saturated rings. The van der Waals surface area contributed by atoms with Gasteiger partial charge in [-0.1, -0.05) is 25.1 Å². The topological polar surface area (TPSA) is 56.4 Å². The highest BCUT2D eigenvalue weighted by atomic mass is 16.5. The predicted molar refractivity (Wildman–Crippen MR) is 114 cm³/mol. The third-order valence-electron chi connectivity index (χ3n) is 4.94. The lowest BCUT2D eigenvalue weighted by molar-refractivity contribution is 0.302. The Bertz CT molecular complexity index is 1040. The molecule has 1 atom stereocenters.